The summed E-state index contributed by atoms with van der Waals surface area (Å²) in [5.41, 5.74) is 0.882. The maximum Gasteiger partial charge on any atom is 0.337 e. The number of benzene rings is 2. The molecule has 25 heavy (non-hydrogen) atoms. The minimum atomic E-state index is -0.861. The first kappa shape index (κ1) is 16.7. The van der Waals surface area contributed by atoms with Gasteiger partial charge in [-0.15, -0.1) is 0 Å². The van der Waals surface area contributed by atoms with E-state index in [1.165, 1.54) is 19.2 Å². The van der Waals surface area contributed by atoms with E-state index in [1.807, 2.05) is 6.07 Å². The number of nitrogens with one attached hydrogen (secondary N) is 1. The second kappa shape index (κ2) is 6.76. The first-order valence-corrected chi connectivity index (χ1v) is 7.63. The Morgan fingerprint density at radius 2 is 1.92 bits per heavy atom. The highest BCUT2D eigenvalue weighted by Crippen LogP contribution is 2.38. The largest absolute Gasteiger partial charge is 0.465 e. The molecule has 2 aromatic carbocycles. The third-order valence-corrected chi connectivity index (χ3v) is 3.93. The van der Waals surface area contributed by atoms with E-state index in [2.05, 4.69) is 10.1 Å². The van der Waals surface area contributed by atoms with Crippen molar-refractivity contribution in [3.63, 3.8) is 0 Å². The molecular formula is C19H16FNO4. The average molecular weight is 341 g/mol. The lowest BCUT2D eigenvalue weighted by molar-refractivity contribution is -0.120. The van der Waals surface area contributed by atoms with Crippen LogP contribution >= 0.6 is 0 Å². The van der Waals surface area contributed by atoms with Gasteiger partial charge in [-0.05, 0) is 18.2 Å². The van der Waals surface area contributed by atoms with Crippen LogP contribution in [0, 0.1) is 5.82 Å². The van der Waals surface area contributed by atoms with E-state index in [9.17, 15) is 14.0 Å². The molecule has 1 aliphatic heterocycles. The zero-order valence-corrected chi connectivity index (χ0v) is 13.7. The number of carbonyl (C=O) groups is 2. The van der Waals surface area contributed by atoms with Crippen LogP contribution in [0.4, 0.5) is 4.39 Å². The van der Waals surface area contributed by atoms with Crippen molar-refractivity contribution in [1.82, 2.24) is 5.32 Å². The molecule has 0 aromatic heterocycles. The van der Waals surface area contributed by atoms with Crippen molar-refractivity contribution >= 4 is 17.3 Å². The fourth-order valence-electron chi connectivity index (χ4n) is 2.72. The molecule has 128 valence electrons. The van der Waals surface area contributed by atoms with Gasteiger partial charge in [-0.25, -0.2) is 9.18 Å². The topological polar surface area (TPSA) is 64.6 Å². The van der Waals surface area contributed by atoms with Gasteiger partial charge in [0.2, 0.25) is 5.78 Å². The van der Waals surface area contributed by atoms with Crippen LogP contribution in [-0.4, -0.2) is 25.9 Å². The minimum absolute atomic E-state index is 0.00400. The fourth-order valence-corrected chi connectivity index (χ4v) is 2.72. The number of esters is 1. The molecule has 1 unspecified atom stereocenters. The number of ketones is 1. The molecule has 3 rings (SSSR count). The van der Waals surface area contributed by atoms with E-state index in [1.54, 1.807) is 31.3 Å². The molecule has 0 aliphatic carbocycles. The van der Waals surface area contributed by atoms with Crippen LogP contribution in [0.1, 0.15) is 27.6 Å². The number of carbonyl (C=O) groups excluding carboxylic acids is 2. The van der Waals surface area contributed by atoms with Gasteiger partial charge in [-0.3, -0.25) is 4.79 Å². The van der Waals surface area contributed by atoms with Crippen molar-refractivity contribution in [2.45, 2.75) is 6.10 Å². The summed E-state index contributed by atoms with van der Waals surface area (Å²) in [6.45, 7) is 0. The number of rotatable bonds is 4. The quantitative estimate of drug-likeness (QED) is 0.867. The van der Waals surface area contributed by atoms with Crippen molar-refractivity contribution in [1.29, 1.82) is 0 Å². The summed E-state index contributed by atoms with van der Waals surface area (Å²) in [7, 11) is 2.82. The molecule has 0 fully saturated rings. The van der Waals surface area contributed by atoms with Crippen LogP contribution in [0.5, 0.6) is 0 Å². The second-order valence-corrected chi connectivity index (χ2v) is 5.41. The van der Waals surface area contributed by atoms with Crippen molar-refractivity contribution in [2.75, 3.05) is 14.2 Å². The average Bonchev–Trinajstić information content (AvgIpc) is 2.98. The van der Waals surface area contributed by atoms with Crippen LogP contribution in [0.2, 0.25) is 0 Å². The lowest BCUT2D eigenvalue weighted by atomic mass is 9.95. The van der Waals surface area contributed by atoms with E-state index in [0.29, 0.717) is 5.56 Å². The summed E-state index contributed by atoms with van der Waals surface area (Å²) in [6.07, 6.45) is -0.861. The molecular weight excluding hydrogens is 325 g/mol. The van der Waals surface area contributed by atoms with Crippen molar-refractivity contribution in [3.8, 4) is 0 Å². The van der Waals surface area contributed by atoms with Gasteiger partial charge < -0.3 is 14.8 Å². The molecule has 2 aromatic rings. The molecule has 0 amide bonds. The minimum Gasteiger partial charge on any atom is -0.465 e. The Hall–Kier alpha value is -3.15. The maximum atomic E-state index is 14.4. The molecule has 0 saturated heterocycles. The third-order valence-electron chi connectivity index (χ3n) is 3.93. The summed E-state index contributed by atoms with van der Waals surface area (Å²) in [4.78, 5) is 24.6. The summed E-state index contributed by atoms with van der Waals surface area (Å²) >= 11 is 0. The van der Waals surface area contributed by atoms with Crippen LogP contribution in [0.15, 0.2) is 54.4 Å². The van der Waals surface area contributed by atoms with Crippen LogP contribution in [0.3, 0.4) is 0 Å². The first-order valence-electron chi connectivity index (χ1n) is 7.63. The molecule has 1 atom stereocenters. The number of halogens is 1. The van der Waals surface area contributed by atoms with E-state index >= 15 is 0 Å². The lowest BCUT2D eigenvalue weighted by Crippen LogP contribution is -2.11. The Kier molecular flexibility index (Phi) is 4.52. The van der Waals surface area contributed by atoms with Crippen LogP contribution < -0.4 is 5.32 Å². The Labute approximate surface area is 144 Å². The molecule has 1 aliphatic rings. The monoisotopic (exact) mass is 341 g/mol. The summed E-state index contributed by atoms with van der Waals surface area (Å²) in [6, 6.07) is 12.7. The lowest BCUT2D eigenvalue weighted by Gasteiger charge is -2.11. The molecule has 0 spiro atoms. The van der Waals surface area contributed by atoms with Gasteiger partial charge in [0, 0.05) is 18.2 Å². The first-order chi connectivity index (χ1) is 12.1. The van der Waals surface area contributed by atoms with E-state index in [-0.39, 0.29) is 28.4 Å². The highest BCUT2D eigenvalue weighted by atomic mass is 19.1. The highest BCUT2D eigenvalue weighted by Gasteiger charge is 2.38. The molecule has 0 radical (unpaired) electrons. The van der Waals surface area contributed by atoms with Crippen molar-refractivity contribution in [3.05, 3.63) is 76.9 Å². The number of hydrogen-bond acceptors (Lipinski definition) is 5. The van der Waals surface area contributed by atoms with E-state index in [4.69, 9.17) is 4.74 Å². The Morgan fingerprint density at radius 1 is 1.20 bits per heavy atom. The van der Waals surface area contributed by atoms with Gasteiger partial charge in [0.25, 0.3) is 0 Å². The Balaban J connectivity index is 2.06. The van der Waals surface area contributed by atoms with Crippen molar-refractivity contribution < 1.29 is 23.5 Å². The maximum absolute atomic E-state index is 14.4. The highest BCUT2D eigenvalue weighted by molar-refractivity contribution is 6.25. The normalized spacial score (nSPS) is 16.6. The fraction of sp³-hybridized carbons (Fsp3) is 0.158. The predicted molar refractivity (Wildman–Crippen MR) is 89.0 cm³/mol. The standard InChI is InChI=1S/C19H16FNO4/c1-21-18-15(13-10-12(19(23)24-2)8-9-14(13)20)16(22)17(25-18)11-6-4-3-5-7-11/h3-10,17,21H,1-2H3. The molecule has 1 heterocycles. The third kappa shape index (κ3) is 2.98. The van der Waals surface area contributed by atoms with Gasteiger partial charge in [-0.2, -0.15) is 0 Å². The molecule has 0 saturated carbocycles. The van der Waals surface area contributed by atoms with Crippen molar-refractivity contribution in [2.24, 2.45) is 0 Å². The second-order valence-electron chi connectivity index (χ2n) is 5.41. The predicted octanol–water partition coefficient (Wildman–Crippen LogP) is 2.84. The van der Waals surface area contributed by atoms with Gasteiger partial charge in [0.05, 0.1) is 18.2 Å². The Morgan fingerprint density at radius 3 is 2.56 bits per heavy atom. The molecule has 6 heteroatoms. The van der Waals surface area contributed by atoms with Crippen LogP contribution in [-0.2, 0) is 14.3 Å². The zero-order chi connectivity index (χ0) is 18.0. The van der Waals surface area contributed by atoms with Gasteiger partial charge in [-0.1, -0.05) is 30.3 Å². The summed E-state index contributed by atoms with van der Waals surface area (Å²) in [5, 5.41) is 2.79. The molecule has 1 N–H and O–H groups in total. The number of ether oxygens (including phenoxy) is 2. The number of hydrogen-bond donors (Lipinski definition) is 1. The number of Topliss-reactive ketones (excluding diaryl/α,β-unsaturated/α-hetero) is 1. The van der Waals surface area contributed by atoms with E-state index < -0.39 is 17.9 Å². The summed E-state index contributed by atoms with van der Waals surface area (Å²) < 4.78 is 24.7. The zero-order valence-electron chi connectivity index (χ0n) is 13.7. The Bertz CT molecular complexity index is 861. The molecule has 5 nitrogen and oxygen atoms in total. The van der Waals surface area contributed by atoms with E-state index in [0.717, 1.165) is 6.07 Å². The smallest absolute Gasteiger partial charge is 0.337 e. The van der Waals surface area contributed by atoms with Crippen LogP contribution in [0.25, 0.3) is 5.57 Å². The van der Waals surface area contributed by atoms with Gasteiger partial charge in [0.15, 0.2) is 12.0 Å². The number of methoxy groups -OCH3 is 1. The molecule has 0 bridgehead atoms. The van der Waals surface area contributed by atoms with Gasteiger partial charge >= 0.3 is 5.97 Å². The summed E-state index contributed by atoms with van der Waals surface area (Å²) in [5.74, 6) is -1.45. The SMILES string of the molecule is CNC1=C(c2cc(C(=O)OC)ccc2F)C(=O)C(c2ccccc2)O1. The van der Waals surface area contributed by atoms with Gasteiger partial charge in [0.1, 0.15) is 5.82 Å².